The number of hydrogen-bond donors (Lipinski definition) is 1. The predicted octanol–water partition coefficient (Wildman–Crippen LogP) is 3.63. The molecule has 1 heterocycles. The van der Waals surface area contributed by atoms with Gasteiger partial charge in [0.25, 0.3) is 0 Å². The Labute approximate surface area is 158 Å². The summed E-state index contributed by atoms with van der Waals surface area (Å²) in [6.45, 7) is 5.12. The van der Waals surface area contributed by atoms with Crippen molar-refractivity contribution < 1.29 is 14.7 Å². The average Bonchev–Trinajstić information content (AvgIpc) is 3.21. The van der Waals surface area contributed by atoms with E-state index < -0.39 is 0 Å². The van der Waals surface area contributed by atoms with Gasteiger partial charge in [0.1, 0.15) is 31.2 Å². The number of rotatable bonds is 8. The van der Waals surface area contributed by atoms with Crippen LogP contribution in [0.25, 0.3) is 0 Å². The molecule has 7 heteroatoms. The summed E-state index contributed by atoms with van der Waals surface area (Å²) in [4.78, 5) is 5.46. The number of aliphatic hydroxyl groups excluding tert-OH is 1. The summed E-state index contributed by atoms with van der Waals surface area (Å²) in [7, 11) is 0. The maximum Gasteiger partial charge on any atom is 0.142 e. The van der Waals surface area contributed by atoms with E-state index in [-0.39, 0.29) is 6.61 Å². The van der Waals surface area contributed by atoms with Crippen LogP contribution >= 0.6 is 0 Å². The Morgan fingerprint density at radius 2 is 1.96 bits per heavy atom. The van der Waals surface area contributed by atoms with E-state index in [1.165, 1.54) is 0 Å². The van der Waals surface area contributed by atoms with Crippen LogP contribution in [-0.2, 0) is 18.1 Å². The van der Waals surface area contributed by atoms with Gasteiger partial charge in [0.2, 0.25) is 0 Å². The maximum absolute atomic E-state index is 9.33. The minimum absolute atomic E-state index is 0.0211. The second-order valence-corrected chi connectivity index (χ2v) is 6.24. The Kier molecular flexibility index (Phi) is 6.27. The fourth-order valence-corrected chi connectivity index (χ4v) is 2.51. The van der Waals surface area contributed by atoms with E-state index in [2.05, 4.69) is 20.6 Å². The monoisotopic (exact) mass is 366 g/mol. The van der Waals surface area contributed by atoms with Gasteiger partial charge < -0.3 is 14.7 Å². The van der Waals surface area contributed by atoms with Crippen LogP contribution in [-0.4, -0.2) is 29.7 Å². The molecule has 0 unspecified atom stereocenters. The summed E-state index contributed by atoms with van der Waals surface area (Å²) in [5, 5.41) is 24.7. The Bertz CT molecular complexity index is 873. The summed E-state index contributed by atoms with van der Waals surface area (Å²) in [5.74, 6) is 0.748. The van der Waals surface area contributed by atoms with E-state index in [0.717, 1.165) is 39.4 Å². The van der Waals surface area contributed by atoms with Gasteiger partial charge >= 0.3 is 0 Å². The molecule has 1 aliphatic heterocycles. The molecule has 0 aliphatic carbocycles. The highest BCUT2D eigenvalue weighted by Gasteiger charge is 2.06. The first-order valence-electron chi connectivity index (χ1n) is 8.67. The second kappa shape index (κ2) is 9.05. The lowest BCUT2D eigenvalue weighted by Crippen LogP contribution is -2.12. The third kappa shape index (κ3) is 5.21. The lowest BCUT2D eigenvalue weighted by Gasteiger charge is -2.08. The van der Waals surface area contributed by atoms with E-state index >= 15 is 0 Å². The molecule has 3 rings (SSSR count). The molecule has 0 bridgehead atoms. The van der Waals surface area contributed by atoms with Gasteiger partial charge in [-0.05, 0) is 71.7 Å². The van der Waals surface area contributed by atoms with Crippen molar-refractivity contribution in [1.82, 2.24) is 0 Å². The van der Waals surface area contributed by atoms with Crippen molar-refractivity contribution in [3.8, 4) is 5.75 Å². The summed E-state index contributed by atoms with van der Waals surface area (Å²) < 4.78 is 5.65. The fraction of sp³-hybridized carbons (Fsp3) is 0.300. The molecule has 0 atom stereocenters. The largest absolute Gasteiger partial charge is 0.488 e. The number of oxime groups is 1. The van der Waals surface area contributed by atoms with Gasteiger partial charge in [-0.2, -0.15) is 5.11 Å². The Morgan fingerprint density at radius 3 is 2.67 bits per heavy atom. The molecule has 2 aromatic carbocycles. The molecular weight excluding hydrogens is 344 g/mol. The zero-order valence-corrected chi connectivity index (χ0v) is 15.4. The quantitative estimate of drug-likeness (QED) is 0.571. The van der Waals surface area contributed by atoms with Crippen LogP contribution in [0.15, 0.2) is 63.1 Å². The topological polar surface area (TPSA) is 88.1 Å². The number of aliphatic hydroxyl groups is 1. The van der Waals surface area contributed by atoms with Crippen LogP contribution in [0.2, 0.25) is 0 Å². The molecule has 27 heavy (non-hydrogen) atoms. The van der Waals surface area contributed by atoms with Crippen molar-refractivity contribution in [2.75, 3.05) is 13.2 Å². The van der Waals surface area contributed by atoms with Crippen molar-refractivity contribution in [2.24, 2.45) is 20.6 Å². The Balaban J connectivity index is 1.52. The molecule has 0 radical (unpaired) electrons. The van der Waals surface area contributed by atoms with Crippen molar-refractivity contribution >= 4 is 11.4 Å². The number of nitrogens with zero attached hydrogens (tertiary/aromatic N) is 4. The Morgan fingerprint density at radius 1 is 1.15 bits per heavy atom. The van der Waals surface area contributed by atoms with Gasteiger partial charge in [-0.15, -0.1) is 5.10 Å². The van der Waals surface area contributed by atoms with Gasteiger partial charge in [0, 0.05) is 0 Å². The van der Waals surface area contributed by atoms with Crippen molar-refractivity contribution in [3.63, 3.8) is 0 Å². The molecule has 1 aliphatic rings. The maximum atomic E-state index is 9.33. The van der Waals surface area contributed by atoms with Crippen molar-refractivity contribution in [2.45, 2.75) is 27.1 Å². The summed E-state index contributed by atoms with van der Waals surface area (Å²) in [6.07, 6.45) is 0. The zero-order chi connectivity index (χ0) is 19.1. The van der Waals surface area contributed by atoms with Crippen molar-refractivity contribution in [3.05, 3.63) is 64.7 Å². The minimum atomic E-state index is 0.0211. The molecule has 7 nitrogen and oxygen atoms in total. The van der Waals surface area contributed by atoms with E-state index in [1.54, 1.807) is 0 Å². The third-order valence-corrected chi connectivity index (χ3v) is 4.20. The average molecular weight is 366 g/mol. The summed E-state index contributed by atoms with van der Waals surface area (Å²) in [6, 6.07) is 13.5. The first kappa shape index (κ1) is 18.7. The highest BCUT2D eigenvalue weighted by Crippen LogP contribution is 2.15. The minimum Gasteiger partial charge on any atom is -0.488 e. The van der Waals surface area contributed by atoms with E-state index in [1.807, 2.05) is 56.3 Å². The lowest BCUT2D eigenvalue weighted by atomic mass is 10.1. The standard InChI is InChI=1S/C20H22N4O3/c1-14-3-4-16(9-18(14)11-25)12-27-23-15(2)17-5-7-20(8-6-17)26-13-19-10-21-24-22-19/h3-9,25H,10-13H2,1-2H3/b23-15+. The first-order valence-corrected chi connectivity index (χ1v) is 8.67. The van der Waals surface area contributed by atoms with Gasteiger partial charge in [-0.25, -0.2) is 0 Å². The molecule has 2 aromatic rings. The summed E-state index contributed by atoms with van der Waals surface area (Å²) in [5.41, 5.74) is 5.47. The van der Waals surface area contributed by atoms with Gasteiger partial charge in [-0.3, -0.25) is 0 Å². The SMILES string of the molecule is C/C(=N\OCc1ccc(C)c(CO)c1)c1ccc(OCC2=NN=NC2)cc1. The highest BCUT2D eigenvalue weighted by atomic mass is 16.6. The summed E-state index contributed by atoms with van der Waals surface area (Å²) >= 11 is 0. The van der Waals surface area contributed by atoms with Crippen LogP contribution in [0.1, 0.15) is 29.2 Å². The second-order valence-electron chi connectivity index (χ2n) is 6.24. The molecule has 1 N–H and O–H groups in total. The van der Waals surface area contributed by atoms with E-state index in [0.29, 0.717) is 19.8 Å². The van der Waals surface area contributed by atoms with Gasteiger partial charge in [0.15, 0.2) is 0 Å². The van der Waals surface area contributed by atoms with Crippen molar-refractivity contribution in [1.29, 1.82) is 0 Å². The van der Waals surface area contributed by atoms with Gasteiger partial charge in [0.05, 0.1) is 12.3 Å². The van der Waals surface area contributed by atoms with Crippen LogP contribution in [0.3, 0.4) is 0 Å². The van der Waals surface area contributed by atoms with Crippen LogP contribution in [0, 0.1) is 6.92 Å². The zero-order valence-electron chi connectivity index (χ0n) is 15.4. The molecule has 0 amide bonds. The molecule has 0 aromatic heterocycles. The molecule has 140 valence electrons. The predicted molar refractivity (Wildman–Crippen MR) is 103 cm³/mol. The molecule has 0 spiro atoms. The number of aryl methyl sites for hydroxylation is 1. The molecule has 0 saturated carbocycles. The molecule has 0 fully saturated rings. The first-order chi connectivity index (χ1) is 13.2. The van der Waals surface area contributed by atoms with Crippen LogP contribution in [0.4, 0.5) is 0 Å². The third-order valence-electron chi connectivity index (χ3n) is 4.20. The van der Waals surface area contributed by atoms with Crippen LogP contribution in [0.5, 0.6) is 5.75 Å². The number of hydrogen-bond acceptors (Lipinski definition) is 7. The van der Waals surface area contributed by atoms with Crippen LogP contribution < -0.4 is 4.74 Å². The number of ether oxygens (including phenoxy) is 1. The highest BCUT2D eigenvalue weighted by molar-refractivity contribution is 5.98. The lowest BCUT2D eigenvalue weighted by molar-refractivity contribution is 0.130. The smallest absolute Gasteiger partial charge is 0.142 e. The van der Waals surface area contributed by atoms with Gasteiger partial charge in [-0.1, -0.05) is 17.3 Å². The fourth-order valence-electron chi connectivity index (χ4n) is 2.51. The molecular formula is C20H22N4O3. The Hall–Kier alpha value is -3.06. The van der Waals surface area contributed by atoms with E-state index in [9.17, 15) is 5.11 Å². The van der Waals surface area contributed by atoms with E-state index in [4.69, 9.17) is 9.57 Å². The normalized spacial score (nSPS) is 13.6. The molecule has 0 saturated heterocycles. The number of benzene rings is 2.